The van der Waals surface area contributed by atoms with Gasteiger partial charge in [0.15, 0.2) is 17.3 Å². The van der Waals surface area contributed by atoms with Gasteiger partial charge in [0.05, 0.1) is 6.04 Å². The fraction of sp³-hybridized carbons (Fsp3) is 0.121. The third-order valence-electron chi connectivity index (χ3n) is 8.32. The van der Waals surface area contributed by atoms with Crippen molar-refractivity contribution >= 4 is 40.7 Å². The number of hydrogen-bond acceptors (Lipinski definition) is 4. The van der Waals surface area contributed by atoms with Crippen LogP contribution >= 0.6 is 11.6 Å². The molecule has 0 unspecified atom stereocenters. The minimum Gasteiger partial charge on any atom is -0.352 e. The van der Waals surface area contributed by atoms with E-state index in [1.165, 1.54) is 12.1 Å². The summed E-state index contributed by atoms with van der Waals surface area (Å²) in [6.45, 7) is 0. The largest absolute Gasteiger partial charge is 0.352 e. The van der Waals surface area contributed by atoms with Gasteiger partial charge in [-0.05, 0) is 41.5 Å². The maximum atomic E-state index is 14.5. The SMILES string of the molecule is O=C(c1ccccc1)[C@H]1[C@H](c2ccc(F)cc2)C2(C(=O)c3ccccc3C2=O)[C@H]2C=Cc3cc(Cl)ccc3N12. The molecule has 1 aliphatic carbocycles. The Morgan fingerprint density at radius 3 is 2.13 bits per heavy atom. The van der Waals surface area contributed by atoms with E-state index in [4.69, 9.17) is 11.6 Å². The molecule has 3 atom stereocenters. The zero-order chi connectivity index (χ0) is 26.9. The van der Waals surface area contributed by atoms with Crippen molar-refractivity contribution in [3.8, 4) is 0 Å². The van der Waals surface area contributed by atoms with Crippen molar-refractivity contribution in [3.63, 3.8) is 0 Å². The van der Waals surface area contributed by atoms with Crippen LogP contribution in [0.1, 0.15) is 48.1 Å². The summed E-state index contributed by atoms with van der Waals surface area (Å²) in [5, 5.41) is 0.534. The molecule has 0 radical (unpaired) electrons. The van der Waals surface area contributed by atoms with E-state index < -0.39 is 29.2 Å². The first-order valence-corrected chi connectivity index (χ1v) is 13.1. The summed E-state index contributed by atoms with van der Waals surface area (Å²) in [6, 6.07) is 25.2. The summed E-state index contributed by atoms with van der Waals surface area (Å²) in [7, 11) is 0. The number of halogens is 2. The number of ketones is 3. The number of fused-ring (bicyclic) bond motifs is 5. The highest BCUT2D eigenvalue weighted by Gasteiger charge is 2.71. The molecule has 0 saturated carbocycles. The second-order valence-corrected chi connectivity index (χ2v) is 10.6. The average Bonchev–Trinajstić information content (AvgIpc) is 3.39. The Morgan fingerprint density at radius 2 is 1.46 bits per heavy atom. The molecule has 1 saturated heterocycles. The lowest BCUT2D eigenvalue weighted by Crippen LogP contribution is -2.48. The Morgan fingerprint density at radius 1 is 0.821 bits per heavy atom. The fourth-order valence-corrected chi connectivity index (χ4v) is 6.94. The highest BCUT2D eigenvalue weighted by Crippen LogP contribution is 2.61. The van der Waals surface area contributed by atoms with Crippen LogP contribution in [-0.4, -0.2) is 29.4 Å². The first-order chi connectivity index (χ1) is 18.9. The molecule has 0 aromatic heterocycles. The monoisotopic (exact) mass is 533 g/mol. The number of carbonyl (C=O) groups is 3. The third-order valence-corrected chi connectivity index (χ3v) is 8.56. The summed E-state index contributed by atoms with van der Waals surface area (Å²) < 4.78 is 14.1. The topological polar surface area (TPSA) is 54.5 Å². The Balaban J connectivity index is 1.55. The van der Waals surface area contributed by atoms with Gasteiger partial charge in [-0.15, -0.1) is 0 Å². The molecule has 4 aromatic rings. The summed E-state index contributed by atoms with van der Waals surface area (Å²) >= 11 is 6.32. The van der Waals surface area contributed by atoms with Crippen molar-refractivity contribution in [2.45, 2.75) is 18.0 Å². The Labute approximate surface area is 229 Å². The first kappa shape index (κ1) is 23.7. The van der Waals surface area contributed by atoms with Gasteiger partial charge in [-0.3, -0.25) is 14.4 Å². The fourth-order valence-electron chi connectivity index (χ4n) is 6.76. The smallest absolute Gasteiger partial charge is 0.185 e. The van der Waals surface area contributed by atoms with Gasteiger partial charge in [-0.1, -0.05) is 90.5 Å². The van der Waals surface area contributed by atoms with Crippen LogP contribution in [0.4, 0.5) is 10.1 Å². The van der Waals surface area contributed by atoms with Gasteiger partial charge < -0.3 is 4.90 Å². The van der Waals surface area contributed by atoms with E-state index in [9.17, 15) is 18.8 Å². The lowest BCUT2D eigenvalue weighted by Gasteiger charge is -2.37. The molecule has 4 nitrogen and oxygen atoms in total. The molecule has 0 bridgehead atoms. The van der Waals surface area contributed by atoms with E-state index in [1.807, 2.05) is 29.2 Å². The molecule has 1 spiro atoms. The Hall–Kier alpha value is -4.35. The number of nitrogens with zero attached hydrogens (tertiary/aromatic N) is 1. The van der Waals surface area contributed by atoms with Gasteiger partial charge in [0.25, 0.3) is 0 Å². The van der Waals surface area contributed by atoms with Crippen LogP contribution in [-0.2, 0) is 0 Å². The summed E-state index contributed by atoms with van der Waals surface area (Å²) in [4.78, 5) is 45.4. The molecule has 3 aliphatic rings. The lowest BCUT2D eigenvalue weighted by molar-refractivity contribution is 0.0666. The van der Waals surface area contributed by atoms with Crippen molar-refractivity contribution in [3.05, 3.63) is 142 Å². The molecule has 1 fully saturated rings. The van der Waals surface area contributed by atoms with E-state index in [2.05, 4.69) is 0 Å². The number of anilines is 1. The van der Waals surface area contributed by atoms with Gasteiger partial charge in [0.2, 0.25) is 0 Å². The Bertz CT molecular complexity index is 1680. The third kappa shape index (κ3) is 3.20. The highest BCUT2D eigenvalue weighted by atomic mass is 35.5. The maximum Gasteiger partial charge on any atom is 0.185 e. The van der Waals surface area contributed by atoms with Crippen LogP contribution in [0, 0.1) is 11.2 Å². The van der Waals surface area contributed by atoms with Crippen LogP contribution in [0.2, 0.25) is 5.02 Å². The van der Waals surface area contributed by atoms with Gasteiger partial charge in [0.1, 0.15) is 17.3 Å². The standard InChI is InChI=1S/C33H21ClFNO3/c34-22-13-16-26-21(18-22)12-17-27-33(31(38)24-8-4-5-9-25(24)32(33)39)28(19-10-14-23(35)15-11-19)29(36(26)27)30(37)20-6-2-1-3-7-20/h1-18,27-29H/t27-,28+,29-/m1/s1. The van der Waals surface area contributed by atoms with E-state index in [1.54, 1.807) is 72.8 Å². The van der Waals surface area contributed by atoms with Gasteiger partial charge in [-0.25, -0.2) is 4.39 Å². The zero-order valence-electron chi connectivity index (χ0n) is 20.6. The van der Waals surface area contributed by atoms with E-state index >= 15 is 0 Å². The molecule has 6 heteroatoms. The summed E-state index contributed by atoms with van der Waals surface area (Å²) in [6.07, 6.45) is 3.71. The second kappa shape index (κ2) is 8.58. The quantitative estimate of drug-likeness (QED) is 0.215. The van der Waals surface area contributed by atoms with Crippen molar-refractivity contribution in [1.82, 2.24) is 0 Å². The molecular weight excluding hydrogens is 513 g/mol. The van der Waals surface area contributed by atoms with Crippen LogP contribution < -0.4 is 4.90 Å². The molecule has 2 aliphatic heterocycles. The number of benzene rings is 4. The van der Waals surface area contributed by atoms with Crippen LogP contribution in [0.25, 0.3) is 6.08 Å². The molecule has 0 amide bonds. The van der Waals surface area contributed by atoms with Crippen molar-refractivity contribution < 1.29 is 18.8 Å². The normalized spacial score (nSPS) is 22.1. The van der Waals surface area contributed by atoms with Crippen LogP contribution in [0.15, 0.2) is 103 Å². The van der Waals surface area contributed by atoms with Gasteiger partial charge in [-0.2, -0.15) is 0 Å². The average molecular weight is 534 g/mol. The number of rotatable bonds is 3. The predicted molar refractivity (Wildman–Crippen MR) is 148 cm³/mol. The molecular formula is C33H21ClFNO3. The number of hydrogen-bond donors (Lipinski definition) is 0. The number of Topliss-reactive ketones (excluding diaryl/α,β-unsaturated/α-hetero) is 3. The van der Waals surface area contributed by atoms with Crippen LogP contribution in [0.3, 0.4) is 0 Å². The van der Waals surface area contributed by atoms with E-state index in [-0.39, 0.29) is 17.3 Å². The van der Waals surface area contributed by atoms with Crippen molar-refractivity contribution in [1.29, 1.82) is 0 Å². The van der Waals surface area contributed by atoms with Crippen molar-refractivity contribution in [2.24, 2.45) is 5.41 Å². The summed E-state index contributed by atoms with van der Waals surface area (Å²) in [5.74, 6) is -2.19. The molecule has 0 N–H and O–H groups in total. The number of carbonyl (C=O) groups excluding carboxylic acids is 3. The van der Waals surface area contributed by atoms with Gasteiger partial charge >= 0.3 is 0 Å². The minimum atomic E-state index is -1.62. The molecule has 2 heterocycles. The molecule has 4 aromatic carbocycles. The van der Waals surface area contributed by atoms with E-state index in [0.29, 0.717) is 33.0 Å². The molecule has 7 rings (SSSR count). The molecule has 39 heavy (non-hydrogen) atoms. The minimum absolute atomic E-state index is 0.223. The molecule has 190 valence electrons. The Kier molecular flexibility index (Phi) is 5.23. The maximum absolute atomic E-state index is 14.5. The van der Waals surface area contributed by atoms with Crippen molar-refractivity contribution in [2.75, 3.05) is 4.90 Å². The zero-order valence-corrected chi connectivity index (χ0v) is 21.3. The predicted octanol–water partition coefficient (Wildman–Crippen LogP) is 6.80. The highest BCUT2D eigenvalue weighted by molar-refractivity contribution is 6.32. The lowest BCUT2D eigenvalue weighted by atomic mass is 9.64. The first-order valence-electron chi connectivity index (χ1n) is 12.7. The second-order valence-electron chi connectivity index (χ2n) is 10.2. The summed E-state index contributed by atoms with van der Waals surface area (Å²) in [5.41, 5.74) is 1.58. The van der Waals surface area contributed by atoms with E-state index in [0.717, 1.165) is 5.56 Å². The van der Waals surface area contributed by atoms with Crippen LogP contribution in [0.5, 0.6) is 0 Å². The van der Waals surface area contributed by atoms with Gasteiger partial charge in [0, 0.05) is 33.3 Å².